The largest absolute Gasteiger partial charge is 0.381 e. The van der Waals surface area contributed by atoms with Crippen molar-refractivity contribution in [1.82, 2.24) is 15.2 Å². The van der Waals surface area contributed by atoms with E-state index in [1.165, 1.54) is 26.0 Å². The highest BCUT2D eigenvalue weighted by molar-refractivity contribution is 5.84. The van der Waals surface area contributed by atoms with Crippen LogP contribution < -0.4 is 5.32 Å². The van der Waals surface area contributed by atoms with Crippen molar-refractivity contribution in [2.75, 3.05) is 13.1 Å². The number of pyridine rings is 1. The van der Waals surface area contributed by atoms with Crippen LogP contribution in [0.2, 0.25) is 0 Å². The van der Waals surface area contributed by atoms with Crippen molar-refractivity contribution in [1.29, 1.82) is 0 Å². The van der Waals surface area contributed by atoms with Crippen molar-refractivity contribution in [2.45, 2.75) is 50.8 Å². The van der Waals surface area contributed by atoms with Crippen LogP contribution in [0.3, 0.4) is 0 Å². The second-order valence-electron chi connectivity index (χ2n) is 9.85. The molecule has 190 valence electrons. The maximum Gasteiger partial charge on any atom is 0.252 e. The Morgan fingerprint density at radius 3 is 2.28 bits per heavy atom. The number of likely N-dealkylation sites (tertiary alicyclic amines) is 1. The number of nitrogens with one attached hydrogen (secondary N) is 1. The summed E-state index contributed by atoms with van der Waals surface area (Å²) in [6.45, 7) is 5.29. The maximum absolute atomic E-state index is 13.9. The third-order valence-corrected chi connectivity index (χ3v) is 6.64. The molecule has 0 aliphatic carbocycles. The van der Waals surface area contributed by atoms with Gasteiger partial charge in [-0.3, -0.25) is 9.69 Å². The number of carbonyl (C=O) groups is 1. The molecular weight excluding hydrogens is 467 g/mol. The van der Waals surface area contributed by atoms with E-state index in [0.717, 1.165) is 55.7 Å². The number of hydrogen-bond acceptors (Lipinski definition) is 4. The summed E-state index contributed by atoms with van der Waals surface area (Å²) in [5.74, 6) is -2.70. The van der Waals surface area contributed by atoms with E-state index in [4.69, 9.17) is 0 Å². The highest BCUT2D eigenvalue weighted by Crippen LogP contribution is 2.29. The Morgan fingerprint density at radius 1 is 1.03 bits per heavy atom. The lowest BCUT2D eigenvalue weighted by molar-refractivity contribution is -0.136. The Bertz CT molecular complexity index is 1190. The van der Waals surface area contributed by atoms with Crippen LogP contribution in [-0.2, 0) is 11.3 Å². The molecule has 1 atom stereocenters. The molecule has 8 heteroatoms. The predicted molar refractivity (Wildman–Crippen MR) is 131 cm³/mol. The average Bonchev–Trinajstić information content (AvgIpc) is 2.85. The Balaban J connectivity index is 1.44. The lowest BCUT2D eigenvalue weighted by atomic mass is 9.90. The van der Waals surface area contributed by atoms with Crippen LogP contribution in [0.25, 0.3) is 0 Å². The summed E-state index contributed by atoms with van der Waals surface area (Å²) in [4.78, 5) is 18.6. The molecule has 3 aromatic rings. The first-order chi connectivity index (χ1) is 17.1. The molecule has 2 N–H and O–H groups in total. The van der Waals surface area contributed by atoms with E-state index in [9.17, 15) is 23.1 Å². The number of aliphatic hydroxyl groups is 1. The fourth-order valence-corrected chi connectivity index (χ4v) is 4.49. The smallest absolute Gasteiger partial charge is 0.252 e. The number of halogens is 3. The van der Waals surface area contributed by atoms with E-state index < -0.39 is 35.1 Å². The fraction of sp³-hybridized carbons (Fsp3) is 0.357. The van der Waals surface area contributed by atoms with Crippen molar-refractivity contribution in [3.63, 3.8) is 0 Å². The summed E-state index contributed by atoms with van der Waals surface area (Å²) >= 11 is 0. The van der Waals surface area contributed by atoms with E-state index >= 15 is 0 Å². The van der Waals surface area contributed by atoms with Crippen molar-refractivity contribution < 1.29 is 23.1 Å². The van der Waals surface area contributed by atoms with Gasteiger partial charge in [0.15, 0.2) is 11.6 Å². The number of benzene rings is 2. The molecule has 1 aliphatic rings. The Labute approximate surface area is 209 Å². The third-order valence-electron chi connectivity index (χ3n) is 6.64. The molecule has 36 heavy (non-hydrogen) atoms. The van der Waals surface area contributed by atoms with Crippen LogP contribution in [0.15, 0.2) is 60.8 Å². The molecule has 1 aromatic heterocycles. The van der Waals surface area contributed by atoms with Crippen molar-refractivity contribution >= 4 is 5.91 Å². The highest BCUT2D eigenvalue weighted by atomic mass is 19.2. The summed E-state index contributed by atoms with van der Waals surface area (Å²) in [6.07, 6.45) is 3.55. The molecule has 2 heterocycles. The summed E-state index contributed by atoms with van der Waals surface area (Å²) < 4.78 is 40.5. The first kappa shape index (κ1) is 25.9. The Hall–Kier alpha value is -3.23. The van der Waals surface area contributed by atoms with E-state index in [2.05, 4.69) is 15.2 Å². The minimum Gasteiger partial charge on any atom is -0.381 e. The maximum atomic E-state index is 13.9. The van der Waals surface area contributed by atoms with E-state index in [0.29, 0.717) is 17.0 Å². The molecule has 2 aromatic carbocycles. The predicted octanol–water partition coefficient (Wildman–Crippen LogP) is 4.86. The van der Waals surface area contributed by atoms with Crippen LogP contribution in [0.1, 0.15) is 60.9 Å². The van der Waals surface area contributed by atoms with Gasteiger partial charge in [-0.15, -0.1) is 0 Å². The van der Waals surface area contributed by atoms with Crippen LogP contribution in [0, 0.1) is 17.6 Å². The summed E-state index contributed by atoms with van der Waals surface area (Å²) in [7, 11) is 0. The second-order valence-corrected chi connectivity index (χ2v) is 9.85. The number of hydrogen-bond donors (Lipinski definition) is 2. The molecule has 0 radical (unpaired) electrons. The van der Waals surface area contributed by atoms with Crippen LogP contribution in [0.4, 0.5) is 13.2 Å². The zero-order chi connectivity index (χ0) is 25.9. The molecule has 1 amide bonds. The Morgan fingerprint density at radius 2 is 1.69 bits per heavy atom. The lowest BCUT2D eigenvalue weighted by Crippen LogP contribution is -2.43. The molecule has 0 spiro atoms. The van der Waals surface area contributed by atoms with Crippen molar-refractivity contribution in [3.05, 3.63) is 101 Å². The van der Waals surface area contributed by atoms with Crippen LogP contribution >= 0.6 is 0 Å². The standard InChI is InChI=1S/C28H30F3N3O2/c1-28(2,36)27(35)33-26(21-7-9-23(29)24(30)15-21)20-5-3-18(4-6-20)17-34-13-11-19(12-14-34)22-8-10-25(31)32-16-22/h3-10,15-16,19,26,36H,11-14,17H2,1-2H3,(H,33,35)/t26-/m0/s1. The molecule has 0 bridgehead atoms. The van der Waals surface area contributed by atoms with E-state index in [1.807, 2.05) is 30.3 Å². The van der Waals surface area contributed by atoms with Gasteiger partial charge in [0.05, 0.1) is 6.04 Å². The summed E-state index contributed by atoms with van der Waals surface area (Å²) in [6, 6.07) is 13.6. The number of carbonyl (C=O) groups excluding carboxylic acids is 1. The molecular formula is C28H30F3N3O2. The van der Waals surface area contributed by atoms with Gasteiger partial charge in [0.2, 0.25) is 5.95 Å². The van der Waals surface area contributed by atoms with Gasteiger partial charge in [0, 0.05) is 12.7 Å². The van der Waals surface area contributed by atoms with Gasteiger partial charge in [-0.05, 0) is 86.1 Å². The molecule has 1 aliphatic heterocycles. The van der Waals surface area contributed by atoms with Gasteiger partial charge in [-0.25, -0.2) is 13.8 Å². The molecule has 1 saturated heterocycles. The second kappa shape index (κ2) is 10.8. The summed E-state index contributed by atoms with van der Waals surface area (Å²) in [5.41, 5.74) is 1.57. The topological polar surface area (TPSA) is 65.5 Å². The van der Waals surface area contributed by atoms with Crippen LogP contribution in [-0.4, -0.2) is 39.6 Å². The van der Waals surface area contributed by atoms with Gasteiger partial charge in [0.25, 0.3) is 5.91 Å². The highest BCUT2D eigenvalue weighted by Gasteiger charge is 2.28. The summed E-state index contributed by atoms with van der Waals surface area (Å²) in [5, 5.41) is 12.8. The van der Waals surface area contributed by atoms with Gasteiger partial charge in [-0.1, -0.05) is 36.4 Å². The Kier molecular flexibility index (Phi) is 7.76. The first-order valence-corrected chi connectivity index (χ1v) is 12.0. The van der Waals surface area contributed by atoms with Gasteiger partial charge < -0.3 is 10.4 Å². The van der Waals surface area contributed by atoms with Crippen LogP contribution in [0.5, 0.6) is 0 Å². The minimum atomic E-state index is -1.63. The lowest BCUT2D eigenvalue weighted by Gasteiger charge is -2.32. The van der Waals surface area contributed by atoms with Crippen molar-refractivity contribution in [2.24, 2.45) is 0 Å². The monoisotopic (exact) mass is 497 g/mol. The molecule has 4 rings (SSSR count). The SMILES string of the molecule is CC(C)(O)C(=O)N[C@@H](c1ccc(CN2CCC(c3ccc(F)nc3)CC2)cc1)c1ccc(F)c(F)c1. The third kappa shape index (κ3) is 6.30. The van der Waals surface area contributed by atoms with Gasteiger partial charge in [-0.2, -0.15) is 4.39 Å². The quantitative estimate of drug-likeness (QED) is 0.458. The number of rotatable bonds is 7. The normalized spacial score (nSPS) is 16.1. The van der Waals surface area contributed by atoms with Gasteiger partial charge in [0.1, 0.15) is 5.60 Å². The first-order valence-electron chi connectivity index (χ1n) is 12.0. The molecule has 5 nitrogen and oxygen atoms in total. The minimum absolute atomic E-state index is 0.368. The molecule has 1 fully saturated rings. The number of aromatic nitrogens is 1. The number of nitrogens with zero attached hydrogens (tertiary/aromatic N) is 2. The molecule has 0 unspecified atom stereocenters. The van der Waals surface area contributed by atoms with Crippen molar-refractivity contribution in [3.8, 4) is 0 Å². The van der Waals surface area contributed by atoms with E-state index in [-0.39, 0.29) is 0 Å². The zero-order valence-electron chi connectivity index (χ0n) is 20.3. The zero-order valence-corrected chi connectivity index (χ0v) is 20.3. The number of amides is 1. The van der Waals surface area contributed by atoms with E-state index in [1.54, 1.807) is 6.20 Å². The average molecular weight is 498 g/mol. The van der Waals surface area contributed by atoms with Gasteiger partial charge >= 0.3 is 0 Å². The fourth-order valence-electron chi connectivity index (χ4n) is 4.49. The number of piperidine rings is 1. The molecule has 0 saturated carbocycles.